The molecule has 10 nitrogen and oxygen atoms in total. The molecule has 0 aliphatic carbocycles. The van der Waals surface area contributed by atoms with Gasteiger partial charge in [0.2, 0.25) is 0 Å². The van der Waals surface area contributed by atoms with Gasteiger partial charge in [0.15, 0.2) is 0 Å². The molecular formula is C8H8Mg2O10. The number of aliphatic hydroxyl groups is 2. The fraction of sp³-hybridized carbons (Fsp3) is 0.500. The second-order valence-electron chi connectivity index (χ2n) is 2.82. The molecule has 0 rings (SSSR count). The van der Waals surface area contributed by atoms with Gasteiger partial charge in [0, 0.05) is 24.8 Å². The van der Waals surface area contributed by atoms with Crippen LogP contribution in [0.1, 0.15) is 12.8 Å². The van der Waals surface area contributed by atoms with Gasteiger partial charge in [0.25, 0.3) is 0 Å². The van der Waals surface area contributed by atoms with Crippen LogP contribution in [0.2, 0.25) is 0 Å². The average Bonchev–Trinajstić information content (AvgIpc) is 2.16. The smallest absolute Gasteiger partial charge is 0.550 e. The first-order chi connectivity index (χ1) is 8.07. The van der Waals surface area contributed by atoms with Crippen molar-refractivity contribution in [1.82, 2.24) is 0 Å². The van der Waals surface area contributed by atoms with Crippen LogP contribution in [0.3, 0.4) is 0 Å². The largest absolute Gasteiger partial charge is 2.00 e. The van der Waals surface area contributed by atoms with E-state index in [9.17, 15) is 39.6 Å². The third-order valence-corrected chi connectivity index (χ3v) is 1.26. The summed E-state index contributed by atoms with van der Waals surface area (Å²) in [6.45, 7) is 0. The average molecular weight is 313 g/mol. The van der Waals surface area contributed by atoms with Crippen molar-refractivity contribution in [2.24, 2.45) is 0 Å². The van der Waals surface area contributed by atoms with Crippen molar-refractivity contribution in [1.29, 1.82) is 0 Å². The quantitative estimate of drug-likeness (QED) is 0.443. The van der Waals surface area contributed by atoms with Crippen LogP contribution in [0.15, 0.2) is 0 Å². The van der Waals surface area contributed by atoms with Crippen molar-refractivity contribution in [3.63, 3.8) is 0 Å². The molecule has 2 unspecified atom stereocenters. The zero-order chi connectivity index (χ0) is 14.9. The molecule has 0 spiro atoms. The Morgan fingerprint density at radius 1 is 0.700 bits per heavy atom. The number of hydrogen-bond donors (Lipinski definition) is 2. The van der Waals surface area contributed by atoms with Crippen LogP contribution in [0.4, 0.5) is 0 Å². The molecule has 2 N–H and O–H groups in total. The van der Waals surface area contributed by atoms with Gasteiger partial charge >= 0.3 is 46.1 Å². The minimum absolute atomic E-state index is 0. The third kappa shape index (κ3) is 19.7. The summed E-state index contributed by atoms with van der Waals surface area (Å²) in [6, 6.07) is 0. The van der Waals surface area contributed by atoms with Crippen molar-refractivity contribution in [2.75, 3.05) is 0 Å². The van der Waals surface area contributed by atoms with E-state index >= 15 is 0 Å². The van der Waals surface area contributed by atoms with Gasteiger partial charge in [0.1, 0.15) is 0 Å². The summed E-state index contributed by atoms with van der Waals surface area (Å²) in [5.41, 5.74) is 0. The summed E-state index contributed by atoms with van der Waals surface area (Å²) < 4.78 is 0. The van der Waals surface area contributed by atoms with E-state index in [2.05, 4.69) is 0 Å². The first-order valence-corrected chi connectivity index (χ1v) is 4.25. The Balaban J connectivity index is -0.000000116. The molecular weight excluding hydrogens is 305 g/mol. The number of carboxylic acid groups (broad SMARTS) is 4. The third-order valence-electron chi connectivity index (χ3n) is 1.26. The van der Waals surface area contributed by atoms with E-state index in [0.717, 1.165) is 0 Å². The SMILES string of the molecule is O=C([O-])CC(O)C(=O)[O-].O=C([O-])CC(O)C(=O)[O-].[Mg+2].[Mg+2]. The van der Waals surface area contributed by atoms with Gasteiger partial charge in [-0.05, 0) is 0 Å². The molecule has 0 amide bonds. The summed E-state index contributed by atoms with van der Waals surface area (Å²) in [5.74, 6) is -6.85. The number of carbonyl (C=O) groups is 4. The van der Waals surface area contributed by atoms with Crippen molar-refractivity contribution >= 4 is 70.0 Å². The van der Waals surface area contributed by atoms with Crippen molar-refractivity contribution < 1.29 is 49.8 Å². The molecule has 0 saturated carbocycles. The molecule has 104 valence electrons. The van der Waals surface area contributed by atoms with E-state index in [0.29, 0.717) is 0 Å². The van der Waals surface area contributed by atoms with Gasteiger partial charge in [-0.1, -0.05) is 0 Å². The first kappa shape index (κ1) is 27.6. The van der Waals surface area contributed by atoms with E-state index < -0.39 is 48.9 Å². The molecule has 0 heterocycles. The van der Waals surface area contributed by atoms with Gasteiger partial charge < -0.3 is 49.8 Å². The number of hydrogen-bond acceptors (Lipinski definition) is 10. The second-order valence-corrected chi connectivity index (χ2v) is 2.82. The fourth-order valence-corrected chi connectivity index (χ4v) is 0.482. The Morgan fingerprint density at radius 2 is 0.900 bits per heavy atom. The summed E-state index contributed by atoms with van der Waals surface area (Å²) >= 11 is 0. The van der Waals surface area contributed by atoms with Crippen LogP contribution in [0.5, 0.6) is 0 Å². The summed E-state index contributed by atoms with van der Waals surface area (Å²) in [6.07, 6.45) is -5.78. The van der Waals surface area contributed by atoms with Gasteiger partial charge in [0.05, 0.1) is 24.1 Å². The maximum atomic E-state index is 9.58. The molecule has 20 heavy (non-hydrogen) atoms. The topological polar surface area (TPSA) is 201 Å². The standard InChI is InChI=1S/2C4H6O5.2Mg/c2*5-2(4(8)9)1-3(6)7;;/h2*2,5H,1H2,(H,6,7)(H,8,9);;/q;;2*+2/p-4. The van der Waals surface area contributed by atoms with E-state index in [1.807, 2.05) is 0 Å². The minimum Gasteiger partial charge on any atom is -0.550 e. The fourth-order valence-electron chi connectivity index (χ4n) is 0.482. The van der Waals surface area contributed by atoms with Gasteiger partial charge in [-0.3, -0.25) is 0 Å². The number of rotatable bonds is 6. The molecule has 0 fully saturated rings. The van der Waals surface area contributed by atoms with Crippen LogP contribution in [0, 0.1) is 0 Å². The van der Waals surface area contributed by atoms with E-state index in [1.54, 1.807) is 0 Å². The van der Waals surface area contributed by atoms with Crippen LogP contribution >= 0.6 is 0 Å². The maximum Gasteiger partial charge on any atom is 2.00 e. The van der Waals surface area contributed by atoms with Crippen LogP contribution < -0.4 is 20.4 Å². The molecule has 12 heteroatoms. The molecule has 2 atom stereocenters. The summed E-state index contributed by atoms with van der Waals surface area (Å²) in [4.78, 5) is 38.3. The Labute approximate surface area is 144 Å². The Kier molecular flexibility index (Phi) is 20.4. The van der Waals surface area contributed by atoms with Gasteiger partial charge in [-0.25, -0.2) is 0 Å². The second kappa shape index (κ2) is 14.7. The summed E-state index contributed by atoms with van der Waals surface area (Å²) in [7, 11) is 0. The predicted molar refractivity (Wildman–Crippen MR) is 52.8 cm³/mol. The molecule has 0 bridgehead atoms. The molecule has 0 aromatic heterocycles. The van der Waals surface area contributed by atoms with E-state index in [-0.39, 0.29) is 46.1 Å². The van der Waals surface area contributed by atoms with E-state index in [4.69, 9.17) is 10.2 Å². The monoisotopic (exact) mass is 312 g/mol. The number of aliphatic carboxylic acids is 4. The normalized spacial score (nSPS) is 11.3. The molecule has 0 aliphatic rings. The maximum absolute atomic E-state index is 9.58. The summed E-state index contributed by atoms with van der Waals surface area (Å²) in [5, 5.41) is 54.7. The van der Waals surface area contributed by atoms with Gasteiger partial charge in [-0.15, -0.1) is 0 Å². The van der Waals surface area contributed by atoms with Gasteiger partial charge in [-0.2, -0.15) is 0 Å². The zero-order valence-corrected chi connectivity index (χ0v) is 13.0. The Bertz CT molecular complexity index is 299. The molecule has 0 aliphatic heterocycles. The molecule has 0 aromatic carbocycles. The van der Waals surface area contributed by atoms with Crippen molar-refractivity contribution in [3.05, 3.63) is 0 Å². The van der Waals surface area contributed by atoms with Crippen LogP contribution in [0.25, 0.3) is 0 Å². The Hall–Kier alpha value is -0.668. The number of carboxylic acids is 4. The van der Waals surface area contributed by atoms with Crippen LogP contribution in [-0.4, -0.2) is 92.4 Å². The zero-order valence-electron chi connectivity index (χ0n) is 10.1. The van der Waals surface area contributed by atoms with Crippen LogP contribution in [-0.2, 0) is 19.2 Å². The first-order valence-electron chi connectivity index (χ1n) is 4.25. The Morgan fingerprint density at radius 3 is 0.950 bits per heavy atom. The van der Waals surface area contributed by atoms with Crippen molar-refractivity contribution in [2.45, 2.75) is 25.0 Å². The van der Waals surface area contributed by atoms with Crippen molar-refractivity contribution in [3.8, 4) is 0 Å². The minimum atomic E-state index is -1.96. The molecule has 0 saturated heterocycles. The predicted octanol–water partition coefficient (Wildman–Crippen LogP) is -8.29. The molecule has 0 aromatic rings. The number of aliphatic hydroxyl groups excluding tert-OH is 2. The molecule has 0 radical (unpaired) electrons. The van der Waals surface area contributed by atoms with E-state index in [1.165, 1.54) is 0 Å². The number of carbonyl (C=O) groups excluding carboxylic acids is 4.